The summed E-state index contributed by atoms with van der Waals surface area (Å²) in [5.41, 5.74) is 1.25. The third kappa shape index (κ3) is 4.85. The molecule has 0 radical (unpaired) electrons. The van der Waals surface area contributed by atoms with E-state index in [1.54, 1.807) is 42.7 Å². The number of nitrogens with zero attached hydrogens (tertiary/aromatic N) is 3. The van der Waals surface area contributed by atoms with Gasteiger partial charge in [0.2, 0.25) is 11.7 Å². The smallest absolute Gasteiger partial charge is 0.251 e. The lowest BCUT2D eigenvalue weighted by molar-refractivity contribution is 0.0945. The molecule has 0 aliphatic heterocycles. The van der Waals surface area contributed by atoms with Gasteiger partial charge in [-0.15, -0.1) is 0 Å². The highest BCUT2D eigenvalue weighted by Crippen LogP contribution is 2.28. The molecule has 8 heteroatoms. The molecule has 3 aromatic rings. The summed E-state index contributed by atoms with van der Waals surface area (Å²) in [6.45, 7) is 5.09. The molecule has 146 valence electrons. The average Bonchev–Trinajstić information content (AvgIpc) is 3.21. The number of benzene rings is 1. The van der Waals surface area contributed by atoms with Gasteiger partial charge in [-0.2, -0.15) is 4.98 Å². The van der Waals surface area contributed by atoms with Gasteiger partial charge in [-0.1, -0.05) is 12.1 Å². The molecule has 0 bridgehead atoms. The summed E-state index contributed by atoms with van der Waals surface area (Å²) in [6, 6.07) is 8.66. The number of pyridine rings is 1. The van der Waals surface area contributed by atoms with Crippen LogP contribution >= 0.6 is 0 Å². The van der Waals surface area contributed by atoms with E-state index < -0.39 is 0 Å². The lowest BCUT2D eigenvalue weighted by Crippen LogP contribution is -2.23. The standard InChI is InChI=1S/C20H22N4O4/c1-3-11-27-16-6-5-15(12-17(16)26-4-2)20(25)22-13-18-23-19(24-28-18)14-7-9-21-10-8-14/h5-10,12H,3-4,11,13H2,1-2H3,(H,22,25). The molecule has 1 N–H and O–H groups in total. The number of carbonyl (C=O) groups is 1. The van der Waals surface area contributed by atoms with Crippen LogP contribution in [0.25, 0.3) is 11.4 Å². The number of rotatable bonds is 9. The molecular formula is C20H22N4O4. The molecule has 0 saturated heterocycles. The van der Waals surface area contributed by atoms with Gasteiger partial charge in [-0.05, 0) is 43.7 Å². The number of carbonyl (C=O) groups excluding carboxylic acids is 1. The van der Waals surface area contributed by atoms with Crippen molar-refractivity contribution in [3.8, 4) is 22.9 Å². The molecule has 0 unspecified atom stereocenters. The van der Waals surface area contributed by atoms with Crippen LogP contribution in [0.2, 0.25) is 0 Å². The molecule has 0 saturated carbocycles. The molecular weight excluding hydrogens is 360 g/mol. The van der Waals surface area contributed by atoms with Gasteiger partial charge in [-0.3, -0.25) is 9.78 Å². The Kier molecular flexibility index (Phi) is 6.56. The van der Waals surface area contributed by atoms with Crippen LogP contribution in [-0.4, -0.2) is 34.2 Å². The molecule has 8 nitrogen and oxygen atoms in total. The number of nitrogens with one attached hydrogen (secondary N) is 1. The zero-order valence-electron chi connectivity index (χ0n) is 15.8. The quantitative estimate of drug-likeness (QED) is 0.606. The van der Waals surface area contributed by atoms with Crippen LogP contribution in [0, 0.1) is 0 Å². The maximum absolute atomic E-state index is 12.5. The van der Waals surface area contributed by atoms with Crippen LogP contribution in [0.3, 0.4) is 0 Å². The van der Waals surface area contributed by atoms with Gasteiger partial charge in [0.1, 0.15) is 0 Å². The second kappa shape index (κ2) is 9.50. The van der Waals surface area contributed by atoms with Crippen molar-refractivity contribution >= 4 is 5.91 Å². The van der Waals surface area contributed by atoms with Crippen LogP contribution < -0.4 is 14.8 Å². The van der Waals surface area contributed by atoms with Crippen molar-refractivity contribution in [1.82, 2.24) is 20.4 Å². The largest absolute Gasteiger partial charge is 0.490 e. The third-order valence-corrected chi connectivity index (χ3v) is 3.77. The number of ether oxygens (including phenoxy) is 2. The molecule has 28 heavy (non-hydrogen) atoms. The minimum absolute atomic E-state index is 0.120. The van der Waals surface area contributed by atoms with Crippen molar-refractivity contribution in [2.24, 2.45) is 0 Å². The van der Waals surface area contributed by atoms with E-state index in [0.29, 0.717) is 42.0 Å². The molecule has 0 fully saturated rings. The lowest BCUT2D eigenvalue weighted by atomic mass is 10.2. The predicted molar refractivity (Wildman–Crippen MR) is 102 cm³/mol. The SMILES string of the molecule is CCCOc1ccc(C(=O)NCc2nc(-c3ccncc3)no2)cc1OCC. The minimum Gasteiger partial charge on any atom is -0.490 e. The number of aromatic nitrogens is 3. The Morgan fingerprint density at radius 3 is 2.68 bits per heavy atom. The number of amides is 1. The fourth-order valence-electron chi connectivity index (χ4n) is 2.45. The predicted octanol–water partition coefficient (Wildman–Crippen LogP) is 3.25. The summed E-state index contributed by atoms with van der Waals surface area (Å²) >= 11 is 0. The third-order valence-electron chi connectivity index (χ3n) is 3.77. The Balaban J connectivity index is 1.64. The van der Waals surface area contributed by atoms with Crippen molar-refractivity contribution in [2.75, 3.05) is 13.2 Å². The van der Waals surface area contributed by atoms with E-state index in [0.717, 1.165) is 12.0 Å². The first-order chi connectivity index (χ1) is 13.7. The van der Waals surface area contributed by atoms with Crippen molar-refractivity contribution in [1.29, 1.82) is 0 Å². The van der Waals surface area contributed by atoms with Crippen molar-refractivity contribution in [3.05, 3.63) is 54.2 Å². The van der Waals surface area contributed by atoms with Gasteiger partial charge < -0.3 is 19.3 Å². The number of hydrogen-bond donors (Lipinski definition) is 1. The zero-order valence-corrected chi connectivity index (χ0v) is 15.8. The maximum Gasteiger partial charge on any atom is 0.251 e. The summed E-state index contributed by atoms with van der Waals surface area (Å²) in [6.07, 6.45) is 4.19. The van der Waals surface area contributed by atoms with E-state index in [2.05, 4.69) is 20.4 Å². The molecule has 1 amide bonds. The molecule has 0 aliphatic rings. The second-order valence-electron chi connectivity index (χ2n) is 5.87. The Morgan fingerprint density at radius 2 is 1.93 bits per heavy atom. The van der Waals surface area contributed by atoms with Gasteiger partial charge >= 0.3 is 0 Å². The van der Waals surface area contributed by atoms with Gasteiger partial charge in [-0.25, -0.2) is 0 Å². The van der Waals surface area contributed by atoms with Gasteiger partial charge in [0.25, 0.3) is 5.91 Å². The molecule has 1 aromatic carbocycles. The fraction of sp³-hybridized carbons (Fsp3) is 0.300. The van der Waals surface area contributed by atoms with Crippen LogP contribution in [0.4, 0.5) is 0 Å². The molecule has 0 aliphatic carbocycles. The summed E-state index contributed by atoms with van der Waals surface area (Å²) in [4.78, 5) is 20.7. The van der Waals surface area contributed by atoms with Crippen LogP contribution in [0.1, 0.15) is 36.5 Å². The summed E-state index contributed by atoms with van der Waals surface area (Å²) in [5, 5.41) is 6.68. The van der Waals surface area contributed by atoms with Gasteiger partial charge in [0, 0.05) is 23.5 Å². The fourth-order valence-corrected chi connectivity index (χ4v) is 2.45. The minimum atomic E-state index is -0.272. The Morgan fingerprint density at radius 1 is 1.11 bits per heavy atom. The van der Waals surface area contributed by atoms with Gasteiger partial charge in [0.05, 0.1) is 19.8 Å². The Labute approximate surface area is 162 Å². The first kappa shape index (κ1) is 19.3. The van der Waals surface area contributed by atoms with Crippen molar-refractivity contribution in [2.45, 2.75) is 26.8 Å². The highest BCUT2D eigenvalue weighted by atomic mass is 16.5. The second-order valence-corrected chi connectivity index (χ2v) is 5.87. The molecule has 0 atom stereocenters. The molecule has 2 aromatic heterocycles. The normalized spacial score (nSPS) is 10.5. The Bertz CT molecular complexity index is 912. The molecule has 2 heterocycles. The monoisotopic (exact) mass is 382 g/mol. The van der Waals surface area contributed by atoms with Gasteiger partial charge in [0.15, 0.2) is 11.5 Å². The van der Waals surface area contributed by atoms with Crippen LogP contribution in [0.15, 0.2) is 47.2 Å². The summed E-state index contributed by atoms with van der Waals surface area (Å²) < 4.78 is 16.4. The van der Waals surface area contributed by atoms with E-state index in [4.69, 9.17) is 14.0 Å². The first-order valence-electron chi connectivity index (χ1n) is 9.12. The van der Waals surface area contributed by atoms with Crippen LogP contribution in [0.5, 0.6) is 11.5 Å². The zero-order chi connectivity index (χ0) is 19.8. The van der Waals surface area contributed by atoms with Crippen molar-refractivity contribution < 1.29 is 18.8 Å². The van der Waals surface area contributed by atoms with E-state index >= 15 is 0 Å². The van der Waals surface area contributed by atoms with E-state index in [1.165, 1.54) is 0 Å². The van der Waals surface area contributed by atoms with Crippen LogP contribution in [-0.2, 0) is 6.54 Å². The van der Waals surface area contributed by atoms with Crippen molar-refractivity contribution in [3.63, 3.8) is 0 Å². The Hall–Kier alpha value is -3.42. The molecule has 0 spiro atoms. The maximum atomic E-state index is 12.5. The highest BCUT2D eigenvalue weighted by Gasteiger charge is 2.14. The topological polar surface area (TPSA) is 99.4 Å². The van der Waals surface area contributed by atoms with E-state index in [9.17, 15) is 4.79 Å². The number of hydrogen-bond acceptors (Lipinski definition) is 7. The highest BCUT2D eigenvalue weighted by molar-refractivity contribution is 5.94. The summed E-state index contributed by atoms with van der Waals surface area (Å²) in [5.74, 6) is 1.66. The van der Waals surface area contributed by atoms with E-state index in [-0.39, 0.29) is 12.5 Å². The van der Waals surface area contributed by atoms with E-state index in [1.807, 2.05) is 13.8 Å². The average molecular weight is 382 g/mol. The molecule has 3 rings (SSSR count). The summed E-state index contributed by atoms with van der Waals surface area (Å²) in [7, 11) is 0. The lowest BCUT2D eigenvalue weighted by Gasteiger charge is -2.12. The first-order valence-corrected chi connectivity index (χ1v) is 9.12.